The fourth-order valence-electron chi connectivity index (χ4n) is 0.609. The Kier molecular flexibility index (Phi) is 3.20. The first-order valence-corrected chi connectivity index (χ1v) is 2.39. The van der Waals surface area contributed by atoms with Gasteiger partial charge in [0.25, 0.3) is 0 Å². The van der Waals surface area contributed by atoms with E-state index in [-0.39, 0.29) is 14.0 Å². The minimum atomic E-state index is 0. The molecule has 1 aliphatic carbocycles. The number of aliphatic hydroxyl groups is 1. The van der Waals surface area contributed by atoms with Crippen molar-refractivity contribution in [3.8, 4) is 0 Å². The van der Waals surface area contributed by atoms with Crippen LogP contribution in [0.1, 0.15) is 13.8 Å². The van der Waals surface area contributed by atoms with Crippen LogP contribution in [-0.4, -0.2) is 11.7 Å². The molecule has 1 heteroatoms. The summed E-state index contributed by atoms with van der Waals surface area (Å²) in [6.45, 7) is 0.215. The molecule has 0 amide bonds. The normalized spacial score (nSPS) is 15.4. The van der Waals surface area contributed by atoms with Crippen molar-refractivity contribution in [2.75, 3.05) is 6.61 Å². The fourth-order valence-corrected chi connectivity index (χ4v) is 0.609. The molecule has 0 radical (unpaired) electrons. The van der Waals surface area contributed by atoms with Gasteiger partial charge in [-0.05, 0) is 12.0 Å². The van der Waals surface area contributed by atoms with E-state index in [1.54, 1.807) is 0 Å². The second-order valence-electron chi connectivity index (χ2n) is 1.62. The fraction of sp³-hybridized carbons (Fsp3) is 0.429. The Morgan fingerprint density at radius 2 is 2.38 bits per heavy atom. The van der Waals surface area contributed by atoms with Crippen LogP contribution in [-0.2, 0) is 0 Å². The number of allylic oxidation sites excluding steroid dienone is 3. The molecule has 0 aromatic carbocycles. The van der Waals surface area contributed by atoms with Crippen molar-refractivity contribution in [2.45, 2.75) is 13.8 Å². The predicted molar refractivity (Wildman–Crippen MR) is 35.7 cm³/mol. The van der Waals surface area contributed by atoms with E-state index in [0.717, 1.165) is 12.0 Å². The van der Waals surface area contributed by atoms with Crippen LogP contribution >= 0.6 is 0 Å². The van der Waals surface area contributed by atoms with Gasteiger partial charge in [-0.15, -0.1) is 0 Å². The molecule has 0 spiro atoms. The van der Waals surface area contributed by atoms with E-state index in [0.29, 0.717) is 0 Å². The number of hydrogen-bond donors (Lipinski definition) is 1. The summed E-state index contributed by atoms with van der Waals surface area (Å²) >= 11 is 0. The number of hydrogen-bond acceptors (Lipinski definition) is 1. The van der Waals surface area contributed by atoms with Gasteiger partial charge in [0, 0.05) is 0 Å². The molecule has 1 nitrogen and oxygen atoms in total. The molecule has 0 fully saturated rings. The molecular weight excluding hydrogens is 100 g/mol. The van der Waals surface area contributed by atoms with E-state index >= 15 is 0 Å². The van der Waals surface area contributed by atoms with E-state index in [2.05, 4.69) is 0 Å². The van der Waals surface area contributed by atoms with Crippen molar-refractivity contribution in [1.29, 1.82) is 0 Å². The maximum Gasteiger partial charge on any atom is 0.0647 e. The quantitative estimate of drug-likeness (QED) is 0.545. The third-order valence-corrected chi connectivity index (χ3v) is 1.05. The molecule has 0 aliphatic heterocycles. The van der Waals surface area contributed by atoms with Gasteiger partial charge in [0.2, 0.25) is 0 Å². The zero-order chi connectivity index (χ0) is 5.11. The highest BCUT2D eigenvalue weighted by Gasteiger charge is 1.93. The predicted octanol–water partition coefficient (Wildman–Crippen LogP) is 1.50. The summed E-state index contributed by atoms with van der Waals surface area (Å²) in [5.74, 6) is 0. The standard InChI is InChI=1S/C6H8O.CH4/c7-5-6-3-1-2-4-6;/h1-3,7H,4-5H2;1H4. The summed E-state index contributed by atoms with van der Waals surface area (Å²) in [7, 11) is 0. The van der Waals surface area contributed by atoms with Gasteiger partial charge in [-0.3, -0.25) is 0 Å². The Balaban J connectivity index is 0.000000490. The van der Waals surface area contributed by atoms with Crippen LogP contribution in [0.5, 0.6) is 0 Å². The third-order valence-electron chi connectivity index (χ3n) is 1.05. The molecule has 1 rings (SSSR count). The SMILES string of the molecule is C.OCC1=CC=CC1. The second kappa shape index (κ2) is 3.44. The molecule has 0 aromatic heterocycles. The van der Waals surface area contributed by atoms with Gasteiger partial charge in [0.05, 0.1) is 6.61 Å². The Morgan fingerprint density at radius 1 is 1.62 bits per heavy atom. The number of aliphatic hydroxyl groups excluding tert-OH is 1. The first-order chi connectivity index (χ1) is 3.43. The largest absolute Gasteiger partial charge is 0.392 e. The summed E-state index contributed by atoms with van der Waals surface area (Å²) in [6.07, 6.45) is 6.88. The zero-order valence-corrected chi connectivity index (χ0v) is 4.09. The molecule has 0 saturated carbocycles. The highest BCUT2D eigenvalue weighted by molar-refractivity contribution is 5.22. The molecular formula is C7H12O. The minimum Gasteiger partial charge on any atom is -0.392 e. The summed E-state index contributed by atoms with van der Waals surface area (Å²) in [6, 6.07) is 0. The lowest BCUT2D eigenvalue weighted by atomic mass is 10.3. The molecule has 0 atom stereocenters. The van der Waals surface area contributed by atoms with Crippen molar-refractivity contribution in [1.82, 2.24) is 0 Å². The molecule has 1 N–H and O–H groups in total. The molecule has 0 saturated heterocycles. The second-order valence-corrected chi connectivity index (χ2v) is 1.62. The maximum atomic E-state index is 8.46. The Hall–Kier alpha value is -0.560. The Morgan fingerprint density at radius 3 is 2.62 bits per heavy atom. The van der Waals surface area contributed by atoms with Crippen LogP contribution in [0.15, 0.2) is 23.8 Å². The Labute approximate surface area is 50.3 Å². The molecule has 0 bridgehead atoms. The molecule has 8 heavy (non-hydrogen) atoms. The lowest BCUT2D eigenvalue weighted by molar-refractivity contribution is 0.329. The molecule has 0 heterocycles. The van der Waals surface area contributed by atoms with Crippen molar-refractivity contribution >= 4 is 0 Å². The summed E-state index contributed by atoms with van der Waals surface area (Å²) in [4.78, 5) is 0. The van der Waals surface area contributed by atoms with Gasteiger partial charge >= 0.3 is 0 Å². The topological polar surface area (TPSA) is 20.2 Å². The Bertz CT molecular complexity index is 112. The molecule has 0 unspecified atom stereocenters. The van der Waals surface area contributed by atoms with Crippen LogP contribution in [0, 0.1) is 0 Å². The third kappa shape index (κ3) is 1.51. The van der Waals surface area contributed by atoms with Crippen LogP contribution in [0.3, 0.4) is 0 Å². The van der Waals surface area contributed by atoms with Gasteiger partial charge in [-0.2, -0.15) is 0 Å². The van der Waals surface area contributed by atoms with Gasteiger partial charge in [-0.25, -0.2) is 0 Å². The highest BCUT2D eigenvalue weighted by atomic mass is 16.3. The van der Waals surface area contributed by atoms with Gasteiger partial charge in [0.15, 0.2) is 0 Å². The van der Waals surface area contributed by atoms with Crippen molar-refractivity contribution in [3.63, 3.8) is 0 Å². The average molecular weight is 112 g/mol. The lowest BCUT2D eigenvalue weighted by Crippen LogP contribution is -1.82. The van der Waals surface area contributed by atoms with E-state index in [1.165, 1.54) is 0 Å². The van der Waals surface area contributed by atoms with Gasteiger partial charge in [-0.1, -0.05) is 25.7 Å². The minimum absolute atomic E-state index is 0. The monoisotopic (exact) mass is 112 g/mol. The van der Waals surface area contributed by atoms with Crippen molar-refractivity contribution < 1.29 is 5.11 Å². The molecule has 0 aromatic rings. The van der Waals surface area contributed by atoms with E-state index in [9.17, 15) is 0 Å². The van der Waals surface area contributed by atoms with Crippen LogP contribution in [0.25, 0.3) is 0 Å². The smallest absolute Gasteiger partial charge is 0.0647 e. The van der Waals surface area contributed by atoms with Gasteiger partial charge < -0.3 is 5.11 Å². The molecule has 1 aliphatic rings. The van der Waals surface area contributed by atoms with E-state index < -0.39 is 0 Å². The lowest BCUT2D eigenvalue weighted by Gasteiger charge is -1.88. The maximum absolute atomic E-state index is 8.46. The summed E-state index contributed by atoms with van der Waals surface area (Å²) < 4.78 is 0. The van der Waals surface area contributed by atoms with Gasteiger partial charge in [0.1, 0.15) is 0 Å². The van der Waals surface area contributed by atoms with Crippen molar-refractivity contribution in [2.24, 2.45) is 0 Å². The van der Waals surface area contributed by atoms with Crippen LogP contribution < -0.4 is 0 Å². The van der Waals surface area contributed by atoms with E-state index in [4.69, 9.17) is 5.11 Å². The number of rotatable bonds is 1. The summed E-state index contributed by atoms with van der Waals surface area (Å²) in [5, 5.41) is 8.46. The molecule has 46 valence electrons. The van der Waals surface area contributed by atoms with E-state index in [1.807, 2.05) is 18.2 Å². The van der Waals surface area contributed by atoms with Crippen LogP contribution in [0.4, 0.5) is 0 Å². The average Bonchev–Trinajstić information content (AvgIpc) is 2.14. The first-order valence-electron chi connectivity index (χ1n) is 2.39. The zero-order valence-electron chi connectivity index (χ0n) is 4.09. The van der Waals surface area contributed by atoms with Crippen molar-refractivity contribution in [3.05, 3.63) is 23.8 Å². The van der Waals surface area contributed by atoms with Crippen LogP contribution in [0.2, 0.25) is 0 Å². The highest BCUT2D eigenvalue weighted by Crippen LogP contribution is 2.07. The first kappa shape index (κ1) is 7.44. The summed E-state index contributed by atoms with van der Waals surface area (Å²) in [5.41, 5.74) is 1.11.